The van der Waals surface area contributed by atoms with Gasteiger partial charge in [-0.05, 0) is 12.8 Å². The predicted octanol–water partition coefficient (Wildman–Crippen LogP) is 1.14. The Bertz CT molecular complexity index is 322. The van der Waals surface area contributed by atoms with Crippen LogP contribution in [0.25, 0.3) is 0 Å². The first-order chi connectivity index (χ1) is 9.99. The van der Waals surface area contributed by atoms with Crippen molar-refractivity contribution < 1.29 is 73.3 Å². The van der Waals surface area contributed by atoms with E-state index in [0.717, 1.165) is 12.8 Å². The van der Waals surface area contributed by atoms with Crippen molar-refractivity contribution in [2.24, 2.45) is 0 Å². The predicted molar refractivity (Wildman–Crippen MR) is 82.7 cm³/mol. The number of hydrogen-bond acceptors (Lipinski definition) is 5. The minimum Gasteiger partial charge on any atom is -0.725 e. The second-order valence-electron chi connectivity index (χ2n) is 5.42. The van der Waals surface area contributed by atoms with Crippen LogP contribution in [0.3, 0.4) is 0 Å². The van der Waals surface area contributed by atoms with E-state index in [0.29, 0.717) is 19.4 Å². The Balaban J connectivity index is 0. The van der Waals surface area contributed by atoms with E-state index in [2.05, 4.69) is 11.1 Å². The molecule has 0 saturated carbocycles. The fourth-order valence-electron chi connectivity index (χ4n) is 2.15. The average Bonchev–Trinajstić information content (AvgIpc) is 2.39. The van der Waals surface area contributed by atoms with Crippen molar-refractivity contribution in [1.29, 1.82) is 0 Å². The maximum Gasteiger partial charge on any atom is 1.00 e. The molecule has 0 fully saturated rings. The van der Waals surface area contributed by atoms with Crippen molar-refractivity contribution in [3.63, 3.8) is 0 Å². The summed E-state index contributed by atoms with van der Waals surface area (Å²) in [5.74, 6) is 0. The molecule has 0 rings (SSSR count). The van der Waals surface area contributed by atoms with E-state index < -0.39 is 16.7 Å². The van der Waals surface area contributed by atoms with Crippen LogP contribution in [0.5, 0.6) is 0 Å². The van der Waals surface area contributed by atoms with Gasteiger partial charge in [0.25, 0.3) is 0 Å². The number of ether oxygens (including phenoxy) is 1. The van der Waals surface area contributed by atoms with Gasteiger partial charge in [0.2, 0.25) is 10.4 Å². The molecule has 0 radical (unpaired) electrons. The normalized spacial score (nSPS) is 12.9. The van der Waals surface area contributed by atoms with Gasteiger partial charge in [0.05, 0.1) is 0 Å². The topological polar surface area (TPSA) is 75.7 Å². The van der Waals surface area contributed by atoms with E-state index in [-0.39, 0.29) is 51.4 Å². The van der Waals surface area contributed by atoms with Crippen molar-refractivity contribution in [1.82, 2.24) is 0 Å². The molecular formula is C15H31KO5S. The molecule has 0 aromatic carbocycles. The van der Waals surface area contributed by atoms with Crippen molar-refractivity contribution in [2.45, 2.75) is 90.8 Å². The van der Waals surface area contributed by atoms with E-state index in [9.17, 15) is 13.0 Å². The number of unbranched alkanes of at least 4 members (excludes halogenated alkanes) is 8. The monoisotopic (exact) mass is 362 g/mol. The maximum absolute atomic E-state index is 10.5. The molecule has 0 aromatic rings. The first-order valence-electron chi connectivity index (χ1n) is 8.25. The molecule has 0 aromatic heterocycles. The molecule has 0 spiro atoms. The van der Waals surface area contributed by atoms with Gasteiger partial charge in [0.15, 0.2) is 6.29 Å². The molecule has 0 bridgehead atoms. The minimum absolute atomic E-state index is 0. The van der Waals surface area contributed by atoms with Crippen LogP contribution in [0, 0.1) is 0 Å². The Hall–Kier alpha value is 1.47. The summed E-state index contributed by atoms with van der Waals surface area (Å²) in [6, 6.07) is 0. The molecule has 0 N–H and O–H groups in total. The summed E-state index contributed by atoms with van der Waals surface area (Å²) in [4.78, 5) is 0. The molecule has 22 heavy (non-hydrogen) atoms. The van der Waals surface area contributed by atoms with Crippen LogP contribution in [-0.4, -0.2) is 25.9 Å². The zero-order valence-electron chi connectivity index (χ0n) is 14.5. The second kappa shape index (κ2) is 17.3. The standard InChI is InChI=1S/C15H32O5S.K/c1-3-5-6-7-8-9-10-11-12-14-19-15(13-4-2)20-21(16,17)18;/h15H,3-14H2,1-2H3,(H,16,17,18);/q;+1/p-1. The van der Waals surface area contributed by atoms with Crippen LogP contribution in [0.2, 0.25) is 0 Å². The molecule has 0 aliphatic heterocycles. The number of hydrogen-bond donors (Lipinski definition) is 0. The Labute approximate surface area is 179 Å². The summed E-state index contributed by atoms with van der Waals surface area (Å²) >= 11 is 0. The fourth-order valence-corrected chi connectivity index (χ4v) is 2.57. The Morgan fingerprint density at radius 2 is 1.36 bits per heavy atom. The zero-order chi connectivity index (χ0) is 16.0. The van der Waals surface area contributed by atoms with Gasteiger partial charge in [0.1, 0.15) is 0 Å². The van der Waals surface area contributed by atoms with E-state index >= 15 is 0 Å². The van der Waals surface area contributed by atoms with Crippen LogP contribution in [0.1, 0.15) is 84.5 Å². The van der Waals surface area contributed by atoms with Gasteiger partial charge in [-0.3, -0.25) is 0 Å². The summed E-state index contributed by atoms with van der Waals surface area (Å²) in [6.45, 7) is 4.54. The second-order valence-corrected chi connectivity index (χ2v) is 6.43. The van der Waals surface area contributed by atoms with Gasteiger partial charge in [0, 0.05) is 6.61 Å². The van der Waals surface area contributed by atoms with Gasteiger partial charge < -0.3 is 9.29 Å². The summed E-state index contributed by atoms with van der Waals surface area (Å²) in [6.07, 6.45) is 11.1. The van der Waals surface area contributed by atoms with Crippen LogP contribution in [0.4, 0.5) is 0 Å². The average molecular weight is 363 g/mol. The molecule has 5 nitrogen and oxygen atoms in total. The van der Waals surface area contributed by atoms with Crippen LogP contribution in [0.15, 0.2) is 0 Å². The van der Waals surface area contributed by atoms with Crippen molar-refractivity contribution in [2.75, 3.05) is 6.61 Å². The molecule has 0 aliphatic carbocycles. The first-order valence-corrected chi connectivity index (χ1v) is 9.58. The molecule has 1 unspecified atom stereocenters. The van der Waals surface area contributed by atoms with Crippen LogP contribution >= 0.6 is 0 Å². The first kappa shape index (κ1) is 25.7. The zero-order valence-corrected chi connectivity index (χ0v) is 18.5. The van der Waals surface area contributed by atoms with Crippen molar-refractivity contribution in [3.8, 4) is 0 Å². The third kappa shape index (κ3) is 19.5. The molecule has 0 heterocycles. The molecule has 0 amide bonds. The minimum atomic E-state index is -4.68. The van der Waals surface area contributed by atoms with Crippen molar-refractivity contribution >= 4 is 10.4 Å². The van der Waals surface area contributed by atoms with Crippen LogP contribution in [-0.2, 0) is 19.3 Å². The third-order valence-corrected chi connectivity index (χ3v) is 3.75. The van der Waals surface area contributed by atoms with E-state index in [1.807, 2.05) is 6.92 Å². The Morgan fingerprint density at radius 3 is 1.82 bits per heavy atom. The molecule has 7 heteroatoms. The van der Waals surface area contributed by atoms with E-state index in [1.165, 1.54) is 44.9 Å². The largest absolute Gasteiger partial charge is 1.00 e. The van der Waals surface area contributed by atoms with Crippen molar-refractivity contribution in [3.05, 3.63) is 0 Å². The van der Waals surface area contributed by atoms with E-state index in [4.69, 9.17) is 4.74 Å². The summed E-state index contributed by atoms with van der Waals surface area (Å²) in [5.41, 5.74) is 0. The SMILES string of the molecule is CCCCCCCCCCCOC(CCC)OS(=O)(=O)[O-].[K+]. The number of rotatable bonds is 15. The van der Waals surface area contributed by atoms with Gasteiger partial charge in [-0.1, -0.05) is 71.6 Å². The maximum atomic E-state index is 10.5. The summed E-state index contributed by atoms with van der Waals surface area (Å²) in [7, 11) is -4.68. The third-order valence-electron chi connectivity index (χ3n) is 3.30. The smallest absolute Gasteiger partial charge is 0.725 e. The molecular weight excluding hydrogens is 331 g/mol. The van der Waals surface area contributed by atoms with Gasteiger partial charge in [-0.15, -0.1) is 0 Å². The summed E-state index contributed by atoms with van der Waals surface area (Å²) < 4.78 is 41.3. The molecule has 1 atom stereocenters. The fraction of sp³-hybridized carbons (Fsp3) is 1.00. The van der Waals surface area contributed by atoms with Gasteiger partial charge in [-0.2, -0.15) is 0 Å². The quantitative estimate of drug-likeness (QED) is 0.144. The molecule has 0 saturated heterocycles. The molecule has 128 valence electrons. The van der Waals surface area contributed by atoms with Gasteiger partial charge >= 0.3 is 51.4 Å². The Kier molecular flexibility index (Phi) is 20.2. The van der Waals surface area contributed by atoms with Crippen LogP contribution < -0.4 is 51.4 Å². The summed E-state index contributed by atoms with van der Waals surface area (Å²) in [5, 5.41) is 0. The molecule has 0 aliphatic rings. The Morgan fingerprint density at radius 1 is 0.864 bits per heavy atom. The van der Waals surface area contributed by atoms with Gasteiger partial charge in [-0.25, -0.2) is 12.6 Å². The van der Waals surface area contributed by atoms with E-state index in [1.54, 1.807) is 0 Å².